The van der Waals surface area contributed by atoms with Gasteiger partial charge in [-0.2, -0.15) is 0 Å². The lowest BCUT2D eigenvalue weighted by molar-refractivity contribution is 0.577. The van der Waals surface area contributed by atoms with E-state index >= 15 is 0 Å². The molecule has 0 atom stereocenters. The summed E-state index contributed by atoms with van der Waals surface area (Å²) in [4.78, 5) is 0. The third-order valence-electron chi connectivity index (χ3n) is 2.38. The monoisotopic (exact) mass is 252 g/mol. The fourth-order valence-corrected chi connectivity index (χ4v) is 2.17. The molecule has 0 N–H and O–H groups in total. The Morgan fingerprint density at radius 1 is 1.21 bits per heavy atom. The van der Waals surface area contributed by atoms with Gasteiger partial charge in [-0.15, -0.1) is 0 Å². The second kappa shape index (κ2) is 3.43. The molecule has 0 radical (unpaired) electrons. The Morgan fingerprint density at radius 2 is 1.93 bits per heavy atom. The van der Waals surface area contributed by atoms with Gasteiger partial charge < -0.3 is 4.42 Å². The molecule has 0 bridgehead atoms. The minimum absolute atomic E-state index is 0.547. The maximum absolute atomic E-state index is 5.59. The van der Waals surface area contributed by atoms with E-state index in [1.165, 1.54) is 10.9 Å². The van der Waals surface area contributed by atoms with Crippen LogP contribution in [0.25, 0.3) is 11.0 Å². The van der Waals surface area contributed by atoms with E-state index in [0.29, 0.717) is 5.92 Å². The molecule has 74 valence electrons. The predicted molar refractivity (Wildman–Crippen MR) is 62.7 cm³/mol. The molecule has 0 aliphatic heterocycles. The van der Waals surface area contributed by atoms with Gasteiger partial charge >= 0.3 is 0 Å². The molecule has 1 aromatic carbocycles. The molecule has 14 heavy (non-hydrogen) atoms. The molecule has 0 saturated heterocycles. The fourth-order valence-electron chi connectivity index (χ4n) is 1.59. The van der Waals surface area contributed by atoms with Crippen molar-refractivity contribution in [3.05, 3.63) is 34.0 Å². The average molecular weight is 253 g/mol. The Kier molecular flexibility index (Phi) is 2.40. The van der Waals surface area contributed by atoms with Crippen LogP contribution >= 0.6 is 15.9 Å². The molecule has 0 aliphatic carbocycles. The van der Waals surface area contributed by atoms with Gasteiger partial charge in [0, 0.05) is 5.39 Å². The minimum Gasteiger partial charge on any atom is -0.460 e. The van der Waals surface area contributed by atoms with Gasteiger partial charge in [0.1, 0.15) is 11.3 Å². The van der Waals surface area contributed by atoms with E-state index in [0.717, 1.165) is 15.8 Å². The molecule has 1 nitrogen and oxygen atoms in total. The lowest BCUT2D eigenvalue weighted by atomic mass is 10.0. The summed E-state index contributed by atoms with van der Waals surface area (Å²) in [6, 6.07) is 6.41. The van der Waals surface area contributed by atoms with Crippen LogP contribution in [0.4, 0.5) is 0 Å². The first-order valence-electron chi connectivity index (χ1n) is 4.77. The van der Waals surface area contributed by atoms with Crippen LogP contribution in [0, 0.1) is 6.92 Å². The first kappa shape index (κ1) is 9.78. The van der Waals surface area contributed by atoms with Crippen molar-refractivity contribution in [2.24, 2.45) is 0 Å². The van der Waals surface area contributed by atoms with Crippen molar-refractivity contribution in [2.75, 3.05) is 0 Å². The standard InChI is InChI=1S/C12H13BrO/c1-7(2)9-5-10-4-8(3)14-12(10)11(13)6-9/h4-7H,1-3H3. The summed E-state index contributed by atoms with van der Waals surface area (Å²) in [5.74, 6) is 1.51. The zero-order chi connectivity index (χ0) is 10.3. The van der Waals surface area contributed by atoms with Crippen LogP contribution in [-0.4, -0.2) is 0 Å². The van der Waals surface area contributed by atoms with E-state index in [-0.39, 0.29) is 0 Å². The van der Waals surface area contributed by atoms with E-state index in [1.54, 1.807) is 0 Å². The lowest BCUT2D eigenvalue weighted by Crippen LogP contribution is -1.86. The lowest BCUT2D eigenvalue weighted by Gasteiger charge is -2.05. The van der Waals surface area contributed by atoms with Crippen molar-refractivity contribution in [2.45, 2.75) is 26.7 Å². The quantitative estimate of drug-likeness (QED) is 0.722. The van der Waals surface area contributed by atoms with Crippen LogP contribution in [0.1, 0.15) is 31.1 Å². The number of furan rings is 1. The van der Waals surface area contributed by atoms with Gasteiger partial charge in [0.15, 0.2) is 0 Å². The summed E-state index contributed by atoms with van der Waals surface area (Å²) in [6.45, 7) is 6.36. The second-order valence-corrected chi connectivity index (χ2v) is 4.79. The number of rotatable bonds is 1. The number of aryl methyl sites for hydroxylation is 1. The van der Waals surface area contributed by atoms with Crippen LogP contribution in [-0.2, 0) is 0 Å². The van der Waals surface area contributed by atoms with Crippen molar-refractivity contribution < 1.29 is 4.42 Å². The van der Waals surface area contributed by atoms with Gasteiger partial charge in [0.05, 0.1) is 4.47 Å². The number of halogens is 1. The SMILES string of the molecule is Cc1cc2cc(C(C)C)cc(Br)c2o1. The number of fused-ring (bicyclic) bond motifs is 1. The molecular formula is C12H13BrO. The van der Waals surface area contributed by atoms with Crippen molar-refractivity contribution in [3.63, 3.8) is 0 Å². The van der Waals surface area contributed by atoms with E-state index in [4.69, 9.17) is 4.42 Å². The Hall–Kier alpha value is -0.760. The maximum atomic E-state index is 5.59. The van der Waals surface area contributed by atoms with Gasteiger partial charge in [-0.1, -0.05) is 13.8 Å². The number of benzene rings is 1. The maximum Gasteiger partial charge on any atom is 0.148 e. The number of hydrogen-bond donors (Lipinski definition) is 0. The summed E-state index contributed by atoms with van der Waals surface area (Å²) >= 11 is 3.54. The van der Waals surface area contributed by atoms with Crippen LogP contribution in [0.2, 0.25) is 0 Å². The zero-order valence-electron chi connectivity index (χ0n) is 8.60. The fraction of sp³-hybridized carbons (Fsp3) is 0.333. The molecule has 2 aromatic rings. The summed E-state index contributed by atoms with van der Waals surface area (Å²) in [5.41, 5.74) is 2.29. The predicted octanol–water partition coefficient (Wildman–Crippen LogP) is 4.63. The topological polar surface area (TPSA) is 13.1 Å². The Bertz CT molecular complexity index is 468. The summed E-state index contributed by atoms with van der Waals surface area (Å²) in [5, 5.41) is 1.18. The van der Waals surface area contributed by atoms with Gasteiger partial charge in [-0.25, -0.2) is 0 Å². The Morgan fingerprint density at radius 3 is 2.57 bits per heavy atom. The molecule has 0 fully saturated rings. The van der Waals surface area contributed by atoms with Crippen LogP contribution in [0.5, 0.6) is 0 Å². The molecule has 0 spiro atoms. The largest absolute Gasteiger partial charge is 0.460 e. The molecule has 0 aliphatic rings. The highest BCUT2D eigenvalue weighted by atomic mass is 79.9. The first-order chi connectivity index (χ1) is 6.58. The first-order valence-corrected chi connectivity index (χ1v) is 5.57. The summed E-state index contributed by atoms with van der Waals surface area (Å²) in [7, 11) is 0. The molecule has 1 aromatic heterocycles. The van der Waals surface area contributed by atoms with Gasteiger partial charge in [-0.05, 0) is 52.5 Å². The van der Waals surface area contributed by atoms with Crippen molar-refractivity contribution >= 4 is 26.9 Å². The van der Waals surface area contributed by atoms with Crippen molar-refractivity contribution in [1.82, 2.24) is 0 Å². The van der Waals surface area contributed by atoms with Crippen LogP contribution in [0.15, 0.2) is 27.1 Å². The van der Waals surface area contributed by atoms with Crippen molar-refractivity contribution in [1.29, 1.82) is 0 Å². The highest BCUT2D eigenvalue weighted by molar-refractivity contribution is 9.10. The Labute approximate surface area is 92.2 Å². The highest BCUT2D eigenvalue weighted by Gasteiger charge is 2.08. The molecule has 2 rings (SSSR count). The third kappa shape index (κ3) is 1.59. The second-order valence-electron chi connectivity index (χ2n) is 3.93. The minimum atomic E-state index is 0.547. The van der Waals surface area contributed by atoms with Gasteiger partial charge in [-0.3, -0.25) is 0 Å². The third-order valence-corrected chi connectivity index (χ3v) is 2.97. The highest BCUT2D eigenvalue weighted by Crippen LogP contribution is 2.31. The summed E-state index contributed by atoms with van der Waals surface area (Å²) < 4.78 is 6.63. The summed E-state index contributed by atoms with van der Waals surface area (Å²) in [6.07, 6.45) is 0. The molecule has 1 heterocycles. The molecule has 0 unspecified atom stereocenters. The average Bonchev–Trinajstić information content (AvgIpc) is 2.45. The van der Waals surface area contributed by atoms with E-state index < -0.39 is 0 Å². The normalized spacial score (nSPS) is 11.5. The molecule has 0 amide bonds. The smallest absolute Gasteiger partial charge is 0.148 e. The molecule has 2 heteroatoms. The Balaban J connectivity index is 2.71. The zero-order valence-corrected chi connectivity index (χ0v) is 10.2. The van der Waals surface area contributed by atoms with Crippen LogP contribution < -0.4 is 0 Å². The van der Waals surface area contributed by atoms with Crippen molar-refractivity contribution in [3.8, 4) is 0 Å². The molecular weight excluding hydrogens is 240 g/mol. The number of hydrogen-bond acceptors (Lipinski definition) is 1. The van der Waals surface area contributed by atoms with E-state index in [1.807, 2.05) is 6.92 Å². The molecule has 0 saturated carbocycles. The van der Waals surface area contributed by atoms with Gasteiger partial charge in [0.25, 0.3) is 0 Å². The van der Waals surface area contributed by atoms with E-state index in [9.17, 15) is 0 Å². The van der Waals surface area contributed by atoms with E-state index in [2.05, 4.69) is 48.0 Å². The van der Waals surface area contributed by atoms with Gasteiger partial charge in [0.2, 0.25) is 0 Å². The van der Waals surface area contributed by atoms with Crippen LogP contribution in [0.3, 0.4) is 0 Å².